The second kappa shape index (κ2) is 5.17. The van der Waals surface area contributed by atoms with E-state index in [2.05, 4.69) is 22.0 Å². The number of likely N-dealkylation sites (N-methyl/N-ethyl adjacent to an activating group) is 1. The molecule has 0 bridgehead atoms. The van der Waals surface area contributed by atoms with Crippen molar-refractivity contribution in [1.29, 1.82) is 0 Å². The summed E-state index contributed by atoms with van der Waals surface area (Å²) in [7, 11) is 2.13. The highest BCUT2D eigenvalue weighted by Crippen LogP contribution is 2.04. The molecule has 0 spiro atoms. The van der Waals surface area contributed by atoms with E-state index in [1.54, 1.807) is 0 Å². The molecule has 3 N–H and O–H groups in total. The van der Waals surface area contributed by atoms with Crippen LogP contribution in [0.1, 0.15) is 6.92 Å². The van der Waals surface area contributed by atoms with Crippen LogP contribution in [-0.2, 0) is 0 Å². The average molecular weight is 200 g/mol. The molecule has 0 radical (unpaired) electrons. The number of nitrogens with zero attached hydrogens (tertiary/aromatic N) is 3. The lowest BCUT2D eigenvalue weighted by molar-refractivity contribution is 0.147. The summed E-state index contributed by atoms with van der Waals surface area (Å²) in [6.45, 7) is 7.20. The molecule has 0 aromatic carbocycles. The third-order valence-corrected chi connectivity index (χ3v) is 2.75. The number of nitrogens with two attached hydrogens (primary N) is 1. The van der Waals surface area contributed by atoms with Gasteiger partial charge in [0.1, 0.15) is 5.84 Å². The van der Waals surface area contributed by atoms with E-state index < -0.39 is 0 Å². The molecule has 1 heterocycles. The molecular weight excluding hydrogens is 180 g/mol. The summed E-state index contributed by atoms with van der Waals surface area (Å²) in [5.74, 6) is 0.451. The highest BCUT2D eigenvalue weighted by Gasteiger charge is 2.17. The molecule has 1 aliphatic heterocycles. The van der Waals surface area contributed by atoms with Gasteiger partial charge >= 0.3 is 0 Å². The third-order valence-electron chi connectivity index (χ3n) is 2.75. The lowest BCUT2D eigenvalue weighted by Gasteiger charge is -2.33. The van der Waals surface area contributed by atoms with Crippen LogP contribution in [0.5, 0.6) is 0 Å². The highest BCUT2D eigenvalue weighted by atomic mass is 16.4. The standard InChI is InChI=1S/C9H20N4O/c1-8(9(10)11-14)7-13-5-3-12(2)4-6-13/h8,14H,3-7H2,1-2H3,(H2,10,11). The monoisotopic (exact) mass is 200 g/mol. The molecule has 1 rings (SSSR count). The third kappa shape index (κ3) is 3.16. The van der Waals surface area contributed by atoms with Crippen LogP contribution in [0.25, 0.3) is 0 Å². The van der Waals surface area contributed by atoms with Crippen LogP contribution in [0.3, 0.4) is 0 Å². The van der Waals surface area contributed by atoms with E-state index >= 15 is 0 Å². The number of piperazine rings is 1. The summed E-state index contributed by atoms with van der Waals surface area (Å²) < 4.78 is 0. The van der Waals surface area contributed by atoms with E-state index in [1.807, 2.05) is 6.92 Å². The van der Waals surface area contributed by atoms with E-state index in [4.69, 9.17) is 10.9 Å². The van der Waals surface area contributed by atoms with Gasteiger partial charge in [0.05, 0.1) is 0 Å². The molecule has 0 aromatic rings. The number of hydrogen-bond acceptors (Lipinski definition) is 4. The van der Waals surface area contributed by atoms with Crippen LogP contribution in [0, 0.1) is 5.92 Å². The predicted octanol–water partition coefficient (Wildman–Crippen LogP) is -0.384. The van der Waals surface area contributed by atoms with Gasteiger partial charge in [-0.3, -0.25) is 0 Å². The highest BCUT2D eigenvalue weighted by molar-refractivity contribution is 5.82. The van der Waals surface area contributed by atoms with Crippen molar-refractivity contribution in [3.8, 4) is 0 Å². The van der Waals surface area contributed by atoms with E-state index in [0.29, 0.717) is 5.84 Å². The van der Waals surface area contributed by atoms with E-state index in [0.717, 1.165) is 32.7 Å². The SMILES string of the molecule is CC(CN1CCN(C)CC1)/C(N)=N/O. The predicted molar refractivity (Wildman–Crippen MR) is 56.5 cm³/mol. The Bertz CT molecular complexity index is 199. The normalized spacial score (nSPS) is 23.7. The molecule has 0 aromatic heterocycles. The smallest absolute Gasteiger partial charge is 0.143 e. The van der Waals surface area contributed by atoms with Crippen LogP contribution < -0.4 is 5.73 Å². The molecule has 14 heavy (non-hydrogen) atoms. The number of hydrogen-bond donors (Lipinski definition) is 2. The number of oxime groups is 1. The Morgan fingerprint density at radius 2 is 2.00 bits per heavy atom. The van der Waals surface area contributed by atoms with Gasteiger partial charge in [0.15, 0.2) is 0 Å². The molecule has 0 amide bonds. The molecule has 1 fully saturated rings. The first kappa shape index (κ1) is 11.3. The maximum Gasteiger partial charge on any atom is 0.143 e. The Morgan fingerprint density at radius 3 is 2.50 bits per heavy atom. The van der Waals surface area contributed by atoms with Gasteiger partial charge in [-0.2, -0.15) is 0 Å². The lowest BCUT2D eigenvalue weighted by atomic mass is 10.1. The Morgan fingerprint density at radius 1 is 1.43 bits per heavy atom. The first-order valence-corrected chi connectivity index (χ1v) is 5.01. The molecule has 1 atom stereocenters. The van der Waals surface area contributed by atoms with Gasteiger partial charge in [-0.1, -0.05) is 12.1 Å². The van der Waals surface area contributed by atoms with Gasteiger partial charge in [-0.05, 0) is 7.05 Å². The maximum absolute atomic E-state index is 8.51. The van der Waals surface area contributed by atoms with E-state index in [9.17, 15) is 0 Å². The lowest BCUT2D eigenvalue weighted by Crippen LogP contribution is -2.47. The fourth-order valence-corrected chi connectivity index (χ4v) is 1.61. The van der Waals surface area contributed by atoms with Gasteiger partial charge in [0.25, 0.3) is 0 Å². The summed E-state index contributed by atoms with van der Waals surface area (Å²) in [5, 5.41) is 11.5. The van der Waals surface area contributed by atoms with Gasteiger partial charge in [-0.15, -0.1) is 0 Å². The van der Waals surface area contributed by atoms with Crippen LogP contribution in [0.2, 0.25) is 0 Å². The van der Waals surface area contributed by atoms with Crippen molar-refractivity contribution >= 4 is 5.84 Å². The zero-order valence-electron chi connectivity index (χ0n) is 8.98. The van der Waals surface area contributed by atoms with Crippen molar-refractivity contribution in [3.05, 3.63) is 0 Å². The van der Waals surface area contributed by atoms with Crippen molar-refractivity contribution in [3.63, 3.8) is 0 Å². The van der Waals surface area contributed by atoms with Crippen LogP contribution in [0.4, 0.5) is 0 Å². The Balaban J connectivity index is 2.31. The largest absolute Gasteiger partial charge is 0.409 e. The first-order valence-electron chi connectivity index (χ1n) is 5.01. The van der Waals surface area contributed by atoms with Crippen molar-refractivity contribution < 1.29 is 5.21 Å². The number of rotatable bonds is 3. The van der Waals surface area contributed by atoms with Crippen LogP contribution in [-0.4, -0.2) is 60.6 Å². The summed E-state index contributed by atoms with van der Waals surface area (Å²) in [4.78, 5) is 4.66. The summed E-state index contributed by atoms with van der Waals surface area (Å²) >= 11 is 0. The minimum absolute atomic E-state index is 0.128. The van der Waals surface area contributed by atoms with Gasteiger partial charge in [-0.25, -0.2) is 0 Å². The van der Waals surface area contributed by atoms with Crippen molar-refractivity contribution in [2.45, 2.75) is 6.92 Å². The number of amidine groups is 1. The second-order valence-corrected chi connectivity index (χ2v) is 4.03. The molecule has 0 aliphatic carbocycles. The quantitative estimate of drug-likeness (QED) is 0.282. The van der Waals surface area contributed by atoms with Gasteiger partial charge < -0.3 is 20.7 Å². The Labute approximate surface area is 85.2 Å². The summed E-state index contributed by atoms with van der Waals surface area (Å²) in [6.07, 6.45) is 0. The fraction of sp³-hybridized carbons (Fsp3) is 0.889. The van der Waals surface area contributed by atoms with Crippen LogP contribution in [0.15, 0.2) is 5.16 Å². The zero-order valence-corrected chi connectivity index (χ0v) is 8.98. The fourth-order valence-electron chi connectivity index (χ4n) is 1.61. The second-order valence-electron chi connectivity index (χ2n) is 4.03. The zero-order chi connectivity index (χ0) is 10.6. The van der Waals surface area contributed by atoms with E-state index in [-0.39, 0.29) is 5.92 Å². The minimum Gasteiger partial charge on any atom is -0.409 e. The molecule has 1 unspecified atom stereocenters. The topological polar surface area (TPSA) is 65.1 Å². The van der Waals surface area contributed by atoms with Gasteiger partial charge in [0, 0.05) is 38.6 Å². The maximum atomic E-state index is 8.51. The Hall–Kier alpha value is -0.810. The molecule has 1 saturated heterocycles. The van der Waals surface area contributed by atoms with Crippen LogP contribution >= 0.6 is 0 Å². The molecule has 82 valence electrons. The average Bonchev–Trinajstić information content (AvgIpc) is 2.20. The van der Waals surface area contributed by atoms with Gasteiger partial charge in [0.2, 0.25) is 0 Å². The summed E-state index contributed by atoms with van der Waals surface area (Å²) in [6, 6.07) is 0. The molecule has 5 nitrogen and oxygen atoms in total. The molecular formula is C9H20N4O. The Kier molecular flexibility index (Phi) is 4.16. The molecule has 5 heteroatoms. The minimum atomic E-state index is 0.128. The van der Waals surface area contributed by atoms with Crippen molar-refractivity contribution in [2.75, 3.05) is 39.8 Å². The van der Waals surface area contributed by atoms with Crippen molar-refractivity contribution in [1.82, 2.24) is 9.80 Å². The molecule has 1 aliphatic rings. The first-order chi connectivity index (χ1) is 6.63. The van der Waals surface area contributed by atoms with E-state index in [1.165, 1.54) is 0 Å². The molecule has 0 saturated carbocycles. The van der Waals surface area contributed by atoms with Crippen molar-refractivity contribution in [2.24, 2.45) is 16.8 Å². The summed E-state index contributed by atoms with van der Waals surface area (Å²) in [5.41, 5.74) is 5.52.